The van der Waals surface area contributed by atoms with Crippen molar-refractivity contribution in [1.29, 1.82) is 0 Å². The molecule has 0 spiro atoms. The van der Waals surface area contributed by atoms with Crippen molar-refractivity contribution in [2.45, 2.75) is 0 Å². The maximum absolute atomic E-state index is 5.39. The van der Waals surface area contributed by atoms with Crippen LogP contribution in [0.3, 0.4) is 0 Å². The van der Waals surface area contributed by atoms with Crippen LogP contribution in [0.15, 0.2) is 220 Å². The third-order valence-corrected chi connectivity index (χ3v) is 15.0. The number of imidazole rings is 4. The normalized spacial score (nSPS) is 12.0. The van der Waals surface area contributed by atoms with Crippen LogP contribution in [0.5, 0.6) is 0 Å². The summed E-state index contributed by atoms with van der Waals surface area (Å²) in [5.41, 5.74) is 10.5. The molecular formula is C64H36N16. The number of rotatable bonds is 8. The molecule has 0 aliphatic carbocycles. The van der Waals surface area contributed by atoms with Crippen molar-refractivity contribution in [2.75, 3.05) is 0 Å². The van der Waals surface area contributed by atoms with Crippen LogP contribution in [0.2, 0.25) is 0 Å². The predicted molar refractivity (Wildman–Crippen MR) is 309 cm³/mol. The Morgan fingerprint density at radius 2 is 0.487 bits per heavy atom. The molecule has 12 aromatic heterocycles. The molecule has 80 heavy (non-hydrogen) atoms. The number of nitrogens with zero attached hydrogens (tertiary/aromatic N) is 16. The van der Waals surface area contributed by atoms with Gasteiger partial charge in [0.15, 0.2) is 46.6 Å². The third kappa shape index (κ3) is 6.56. The molecule has 0 N–H and O–H groups in total. The van der Waals surface area contributed by atoms with Gasteiger partial charge in [-0.05, 0) is 164 Å². The highest BCUT2D eigenvalue weighted by Gasteiger charge is 2.26. The van der Waals surface area contributed by atoms with Gasteiger partial charge in [-0.3, -0.25) is 17.6 Å². The van der Waals surface area contributed by atoms with Gasteiger partial charge in [-0.2, -0.15) is 0 Å². The topological polar surface area (TPSA) is 172 Å². The van der Waals surface area contributed by atoms with Gasteiger partial charge >= 0.3 is 0 Å². The summed E-state index contributed by atoms with van der Waals surface area (Å²) in [5, 5.41) is 8.31. The molecule has 0 unspecified atom stereocenters. The molecule has 0 saturated heterocycles. The second-order valence-electron chi connectivity index (χ2n) is 19.5. The van der Waals surface area contributed by atoms with E-state index in [0.717, 1.165) is 110 Å². The average Bonchev–Trinajstić information content (AvgIpc) is 4.39. The number of hydrogen-bond acceptors (Lipinski definition) is 12. The van der Waals surface area contributed by atoms with Crippen LogP contribution < -0.4 is 0 Å². The van der Waals surface area contributed by atoms with Crippen molar-refractivity contribution in [3.63, 3.8) is 0 Å². The first-order valence-corrected chi connectivity index (χ1v) is 25.9. The number of pyridine rings is 4. The van der Waals surface area contributed by atoms with E-state index in [1.165, 1.54) is 0 Å². The van der Waals surface area contributed by atoms with Gasteiger partial charge in [0, 0.05) is 96.6 Å². The Kier molecular flexibility index (Phi) is 9.28. The molecule has 16 nitrogen and oxygen atoms in total. The van der Waals surface area contributed by atoms with Crippen LogP contribution in [-0.2, 0) is 0 Å². The van der Waals surface area contributed by atoms with E-state index in [1.54, 1.807) is 49.6 Å². The molecule has 0 fully saturated rings. The minimum atomic E-state index is 0.525. The molecule has 16 heteroatoms. The quantitative estimate of drug-likeness (QED) is 0.104. The SMILES string of the molecule is c1cnc(-c2nc(-c3cc4cc(-c5nc(-c6ncccn6)n6ccccc56)cc5c6cc(-c7nc(-c8ncccn8)n8ccccc78)cc7cc(-c8nc(-c9ncccn9)n9ccccc89)cc(c(c3)c45)c76)c3ccccn23)nc1. The summed E-state index contributed by atoms with van der Waals surface area (Å²) < 4.78 is 8.26. The molecule has 17 aromatic rings. The predicted octanol–water partition coefficient (Wildman–Crippen LogP) is 12.8. The minimum Gasteiger partial charge on any atom is -0.296 e. The van der Waals surface area contributed by atoms with E-state index in [-0.39, 0.29) is 0 Å². The van der Waals surface area contributed by atoms with Crippen molar-refractivity contribution in [3.8, 4) is 91.6 Å². The van der Waals surface area contributed by atoms with E-state index in [1.807, 2.05) is 97.6 Å². The fraction of sp³-hybridized carbons (Fsp3) is 0. The first-order valence-electron chi connectivity index (χ1n) is 25.9. The van der Waals surface area contributed by atoms with Gasteiger partial charge < -0.3 is 0 Å². The number of fused-ring (bicyclic) bond motifs is 6. The van der Waals surface area contributed by atoms with Crippen LogP contribution in [0.4, 0.5) is 0 Å². The molecular weight excluding hydrogens is 993 g/mol. The van der Waals surface area contributed by atoms with Crippen molar-refractivity contribution < 1.29 is 0 Å². The Morgan fingerprint density at radius 3 is 0.725 bits per heavy atom. The van der Waals surface area contributed by atoms with E-state index in [4.69, 9.17) is 19.9 Å². The average molecular weight is 1030 g/mol. The standard InChI is InChI=1S/C64H36N16/c1-5-25-77-47(13-1)53(73-61(77)57-65-17-9-18-66-57)39-29-37-30-40(54-48-14-2-6-26-78(48)62(74-54)58-67-19-10-20-68-58)35-45-46-36-42(56-50-16-4-8-28-80(50)64(76-56)60-71-23-12-24-72-60)32-38-31-41(34-44(52(38)46)43(33-39)51(37)45)55-49-15-3-7-27-79(49)63(75-55)59-69-21-11-22-70-59/h1-36H. The van der Waals surface area contributed by atoms with Crippen molar-refractivity contribution in [2.24, 2.45) is 0 Å². The van der Waals surface area contributed by atoms with Crippen LogP contribution >= 0.6 is 0 Å². The number of aromatic nitrogens is 16. The van der Waals surface area contributed by atoms with Crippen LogP contribution in [-0.4, -0.2) is 77.4 Å². The maximum atomic E-state index is 5.39. The highest BCUT2D eigenvalue weighted by Crippen LogP contribution is 2.48. The van der Waals surface area contributed by atoms with E-state index in [9.17, 15) is 0 Å². The van der Waals surface area contributed by atoms with E-state index in [0.29, 0.717) is 46.6 Å². The molecule has 0 aliphatic rings. The molecule has 372 valence electrons. The summed E-state index contributed by atoms with van der Waals surface area (Å²) >= 11 is 0. The zero-order valence-corrected chi connectivity index (χ0v) is 41.9. The second-order valence-corrected chi connectivity index (χ2v) is 19.5. The lowest BCUT2D eigenvalue weighted by Gasteiger charge is -2.19. The summed E-state index contributed by atoms with van der Waals surface area (Å²) in [6, 6.07) is 50.1. The Morgan fingerprint density at radius 1 is 0.250 bits per heavy atom. The maximum Gasteiger partial charge on any atom is 0.196 e. The minimum absolute atomic E-state index is 0.525. The molecule has 12 heterocycles. The fourth-order valence-corrected chi connectivity index (χ4v) is 11.7. The van der Waals surface area contributed by atoms with Crippen molar-refractivity contribution in [1.82, 2.24) is 77.4 Å². The monoisotopic (exact) mass is 1030 g/mol. The lowest BCUT2D eigenvalue weighted by molar-refractivity contribution is 1.07. The molecule has 0 saturated carbocycles. The van der Waals surface area contributed by atoms with Gasteiger partial charge in [-0.1, -0.05) is 24.3 Å². The molecule has 0 radical (unpaired) electrons. The zero-order valence-electron chi connectivity index (χ0n) is 41.9. The Hall–Kier alpha value is -11.5. The Bertz CT molecular complexity index is 4650. The van der Waals surface area contributed by atoms with E-state index >= 15 is 0 Å². The van der Waals surface area contributed by atoms with E-state index in [2.05, 4.69) is 130 Å². The number of benzene rings is 5. The fourth-order valence-electron chi connectivity index (χ4n) is 11.7. The van der Waals surface area contributed by atoms with Crippen molar-refractivity contribution >= 4 is 65.2 Å². The summed E-state index contributed by atoms with van der Waals surface area (Å²) in [5.74, 6) is 4.66. The zero-order chi connectivity index (χ0) is 52.4. The van der Waals surface area contributed by atoms with Crippen LogP contribution in [0.1, 0.15) is 0 Å². The first-order chi connectivity index (χ1) is 39.7. The van der Waals surface area contributed by atoms with Crippen LogP contribution in [0, 0.1) is 0 Å². The molecule has 17 rings (SSSR count). The van der Waals surface area contributed by atoms with Gasteiger partial charge in [0.1, 0.15) is 0 Å². The third-order valence-electron chi connectivity index (χ3n) is 15.0. The smallest absolute Gasteiger partial charge is 0.196 e. The Labute approximate surface area is 452 Å². The lowest BCUT2D eigenvalue weighted by atomic mass is 9.85. The first kappa shape index (κ1) is 43.7. The number of hydrogen-bond donors (Lipinski definition) is 0. The molecule has 0 aliphatic heterocycles. The van der Waals surface area contributed by atoms with Gasteiger partial charge in [0.2, 0.25) is 0 Å². The summed E-state index contributed by atoms with van der Waals surface area (Å²) in [4.78, 5) is 58.9. The van der Waals surface area contributed by atoms with Gasteiger partial charge in [0.25, 0.3) is 0 Å². The Balaban J connectivity index is 1.02. The molecule has 0 atom stereocenters. The summed E-state index contributed by atoms with van der Waals surface area (Å²) in [6.45, 7) is 0. The van der Waals surface area contributed by atoms with Crippen molar-refractivity contribution in [3.05, 3.63) is 220 Å². The van der Waals surface area contributed by atoms with Gasteiger partial charge in [-0.25, -0.2) is 59.8 Å². The molecule has 0 amide bonds. The molecule has 5 aromatic carbocycles. The van der Waals surface area contributed by atoms with Gasteiger partial charge in [-0.15, -0.1) is 0 Å². The second kappa shape index (κ2) is 17.0. The summed E-state index contributed by atoms with van der Waals surface area (Å²) in [7, 11) is 0. The lowest BCUT2D eigenvalue weighted by Crippen LogP contribution is -1.94. The van der Waals surface area contributed by atoms with Crippen LogP contribution in [0.25, 0.3) is 157 Å². The highest BCUT2D eigenvalue weighted by molar-refractivity contribution is 6.35. The largest absolute Gasteiger partial charge is 0.296 e. The van der Waals surface area contributed by atoms with Gasteiger partial charge in [0.05, 0.1) is 44.8 Å². The molecule has 0 bridgehead atoms. The highest BCUT2D eigenvalue weighted by atomic mass is 15.1. The summed E-state index contributed by atoms with van der Waals surface area (Å²) in [6.07, 6.45) is 22.0. The van der Waals surface area contributed by atoms with E-state index < -0.39 is 0 Å².